The van der Waals surface area contributed by atoms with Gasteiger partial charge in [-0.05, 0) is 105 Å². The minimum atomic E-state index is -1.00. The van der Waals surface area contributed by atoms with Gasteiger partial charge in [-0.15, -0.1) is 0 Å². The first-order valence-electron chi connectivity index (χ1n) is 15.7. The Morgan fingerprint density at radius 2 is 1.79 bits per heavy atom. The lowest BCUT2D eigenvalue weighted by molar-refractivity contribution is -0.215. The summed E-state index contributed by atoms with van der Waals surface area (Å²) in [7, 11) is 1.67. The number of nitrogens with zero attached hydrogens (tertiary/aromatic N) is 4. The molecule has 2 aromatic heterocycles. The predicted molar refractivity (Wildman–Crippen MR) is 156 cm³/mol. The van der Waals surface area contributed by atoms with Crippen molar-refractivity contribution in [2.75, 3.05) is 18.6 Å². The Hall–Kier alpha value is -3.13. The van der Waals surface area contributed by atoms with E-state index in [4.69, 9.17) is 14.2 Å². The monoisotopic (exact) mass is 570 g/mol. The first kappa shape index (κ1) is 26.5. The number of aromatic nitrogens is 3. The molecule has 10 rings (SSSR count). The van der Waals surface area contributed by atoms with Gasteiger partial charge in [-0.2, -0.15) is 4.98 Å². The van der Waals surface area contributed by atoms with Gasteiger partial charge in [0.25, 0.3) is 0 Å². The second-order valence-corrected chi connectivity index (χ2v) is 14.4. The van der Waals surface area contributed by atoms with Gasteiger partial charge in [-0.3, -0.25) is 9.78 Å². The zero-order valence-electron chi connectivity index (χ0n) is 24.4. The molecule has 7 fully saturated rings. The van der Waals surface area contributed by atoms with Crippen LogP contribution in [-0.2, 0) is 21.6 Å². The summed E-state index contributed by atoms with van der Waals surface area (Å²) in [6, 6.07) is 12.3. The third-order valence-corrected chi connectivity index (χ3v) is 11.2. The predicted octanol–water partition coefficient (Wildman–Crippen LogP) is 7.06. The molecule has 0 unspecified atom stereocenters. The number of ether oxygens (including phenoxy) is 1. The van der Waals surface area contributed by atoms with Crippen molar-refractivity contribution in [2.45, 2.75) is 101 Å². The van der Waals surface area contributed by atoms with Crippen LogP contribution in [0.1, 0.15) is 100 Å². The van der Waals surface area contributed by atoms with Crippen LogP contribution in [0.4, 0.5) is 10.1 Å². The molecule has 1 amide bonds. The van der Waals surface area contributed by atoms with Gasteiger partial charge in [0.05, 0.1) is 12.3 Å². The normalized spacial score (nSPS) is 32.7. The molecule has 0 N–H and O–H groups in total. The summed E-state index contributed by atoms with van der Waals surface area (Å²) in [5.74, 6) is 2.36. The lowest BCUT2D eigenvalue weighted by Crippen LogP contribution is -2.65. The van der Waals surface area contributed by atoms with Crippen molar-refractivity contribution >= 4 is 11.6 Å². The maximum atomic E-state index is 14.4. The highest BCUT2D eigenvalue weighted by Crippen LogP contribution is 2.71. The van der Waals surface area contributed by atoms with Crippen molar-refractivity contribution < 1.29 is 18.4 Å². The summed E-state index contributed by atoms with van der Waals surface area (Å²) in [5.41, 5.74) is 2.75. The molecule has 0 saturated heterocycles. The first-order chi connectivity index (χ1) is 20.3. The zero-order valence-corrected chi connectivity index (χ0v) is 24.4. The van der Waals surface area contributed by atoms with E-state index >= 15 is 0 Å². The Morgan fingerprint density at radius 1 is 1.02 bits per heavy atom. The minimum Gasteiger partial charge on any atom is -0.378 e. The molecule has 0 spiro atoms. The molecule has 0 aliphatic heterocycles. The van der Waals surface area contributed by atoms with Crippen molar-refractivity contribution in [3.63, 3.8) is 0 Å². The molecule has 1 aromatic carbocycles. The summed E-state index contributed by atoms with van der Waals surface area (Å²) < 4.78 is 25.4. The number of rotatable bonds is 10. The number of pyridine rings is 1. The molecule has 7 saturated carbocycles. The van der Waals surface area contributed by atoms with E-state index < -0.39 is 5.67 Å². The number of benzene rings is 1. The Bertz CT molecular complexity index is 1470. The van der Waals surface area contributed by atoms with Gasteiger partial charge in [0.1, 0.15) is 5.67 Å². The molecule has 3 aromatic rings. The second kappa shape index (κ2) is 9.43. The summed E-state index contributed by atoms with van der Waals surface area (Å²) in [6.07, 6.45) is 12.5. The van der Waals surface area contributed by atoms with Crippen LogP contribution in [0.3, 0.4) is 0 Å². The van der Waals surface area contributed by atoms with E-state index in [0.717, 1.165) is 72.7 Å². The maximum absolute atomic E-state index is 14.4. The zero-order chi connectivity index (χ0) is 28.6. The Morgan fingerprint density at radius 3 is 2.43 bits per heavy atom. The summed E-state index contributed by atoms with van der Waals surface area (Å²) >= 11 is 0. The Balaban J connectivity index is 1.04. The number of alkyl halides is 1. The van der Waals surface area contributed by atoms with Crippen LogP contribution >= 0.6 is 0 Å². The highest BCUT2D eigenvalue weighted by molar-refractivity contribution is 5.95. The van der Waals surface area contributed by atoms with Crippen LogP contribution in [0.25, 0.3) is 11.1 Å². The van der Waals surface area contributed by atoms with Crippen molar-refractivity contribution in [3.05, 3.63) is 60.0 Å². The summed E-state index contributed by atoms with van der Waals surface area (Å²) in [6.45, 7) is 1.17. The summed E-state index contributed by atoms with van der Waals surface area (Å²) in [5, 5.41) is 4.32. The number of fused-ring (bicyclic) bond motifs is 3. The van der Waals surface area contributed by atoms with Crippen molar-refractivity contribution in [2.24, 2.45) is 10.8 Å². The Labute approximate surface area is 246 Å². The van der Waals surface area contributed by atoms with Crippen LogP contribution in [0.15, 0.2) is 47.1 Å². The standard InChI is InChI=1S/C34H39FN4O3/c1-41-18-26-8-7-25(17-36-26)24-3-2-4-27(15-24)39(28(40)16-32-19-34(35,20-32)21-32)22-31-9-12-33(13-10-31,14-11-31)30-37-29(38-42-30)23-5-6-23/h2-4,7-8,15,17,23H,5-6,9-14,16,18-22H2,1H3. The van der Waals surface area contributed by atoms with Gasteiger partial charge in [0.15, 0.2) is 5.82 Å². The number of methoxy groups -OCH3 is 1. The van der Waals surface area contributed by atoms with Crippen LogP contribution in [0, 0.1) is 10.8 Å². The number of carbonyl (C=O) groups excluding carboxylic acids is 1. The average Bonchev–Trinajstić information content (AvgIpc) is 3.71. The number of halogens is 1. The fourth-order valence-electron chi connectivity index (χ4n) is 8.58. The molecule has 0 radical (unpaired) electrons. The van der Waals surface area contributed by atoms with Crippen molar-refractivity contribution in [1.82, 2.24) is 15.1 Å². The van der Waals surface area contributed by atoms with Gasteiger partial charge in [-0.1, -0.05) is 23.4 Å². The van der Waals surface area contributed by atoms with Crippen LogP contribution in [0.5, 0.6) is 0 Å². The SMILES string of the molecule is COCc1ccc(-c2cccc(N(CC34CCC(c5nc(C6CC6)no5)(CC3)CC4)C(=O)CC34CC(F)(C3)C4)c2)cn1. The van der Waals surface area contributed by atoms with Crippen LogP contribution < -0.4 is 4.90 Å². The molecule has 220 valence electrons. The number of hydrogen-bond acceptors (Lipinski definition) is 6. The second-order valence-electron chi connectivity index (χ2n) is 14.4. The third kappa shape index (κ3) is 4.48. The number of carbonyl (C=O) groups is 1. The van der Waals surface area contributed by atoms with E-state index in [1.54, 1.807) is 7.11 Å². The van der Waals surface area contributed by atoms with Crippen LogP contribution in [0.2, 0.25) is 0 Å². The molecule has 7 nitrogen and oxygen atoms in total. The largest absolute Gasteiger partial charge is 0.378 e. The molecule has 8 heteroatoms. The number of anilines is 1. The smallest absolute Gasteiger partial charge is 0.232 e. The van der Waals surface area contributed by atoms with E-state index in [2.05, 4.69) is 34.4 Å². The maximum Gasteiger partial charge on any atom is 0.232 e. The molecule has 4 bridgehead atoms. The van der Waals surface area contributed by atoms with Gasteiger partial charge < -0.3 is 14.2 Å². The topological polar surface area (TPSA) is 81.4 Å². The molecular formula is C34H39FN4O3. The lowest BCUT2D eigenvalue weighted by Gasteiger charge is -2.66. The fraction of sp³-hybridized carbons (Fsp3) is 0.588. The highest BCUT2D eigenvalue weighted by atomic mass is 19.1. The molecule has 2 heterocycles. The lowest BCUT2D eigenvalue weighted by atomic mass is 9.41. The van der Waals surface area contributed by atoms with E-state index in [-0.39, 0.29) is 22.2 Å². The number of amides is 1. The molecular weight excluding hydrogens is 531 g/mol. The van der Waals surface area contributed by atoms with E-state index in [1.807, 2.05) is 23.2 Å². The Kier molecular flexibility index (Phi) is 5.95. The third-order valence-electron chi connectivity index (χ3n) is 11.2. The van der Waals surface area contributed by atoms with Crippen molar-refractivity contribution in [3.8, 4) is 11.1 Å². The van der Waals surface area contributed by atoms with Gasteiger partial charge in [-0.25, -0.2) is 4.39 Å². The van der Waals surface area contributed by atoms with E-state index in [0.29, 0.717) is 44.8 Å². The molecule has 7 aliphatic rings. The molecule has 42 heavy (non-hydrogen) atoms. The van der Waals surface area contributed by atoms with Crippen molar-refractivity contribution in [1.29, 1.82) is 0 Å². The quantitative estimate of drug-likeness (QED) is 0.260. The van der Waals surface area contributed by atoms with Gasteiger partial charge >= 0.3 is 0 Å². The first-order valence-corrected chi connectivity index (χ1v) is 15.7. The highest BCUT2D eigenvalue weighted by Gasteiger charge is 2.69. The van der Waals surface area contributed by atoms with Crippen LogP contribution in [-0.4, -0.2) is 40.4 Å². The molecule has 7 aliphatic carbocycles. The molecule has 0 atom stereocenters. The van der Waals surface area contributed by atoms with E-state index in [1.165, 1.54) is 12.8 Å². The minimum absolute atomic E-state index is 0.0140. The average molecular weight is 571 g/mol. The van der Waals surface area contributed by atoms with Gasteiger partial charge in [0, 0.05) is 48.9 Å². The fourth-order valence-corrected chi connectivity index (χ4v) is 8.58. The summed E-state index contributed by atoms with van der Waals surface area (Å²) in [4.78, 5) is 25.5. The van der Waals surface area contributed by atoms with Gasteiger partial charge in [0.2, 0.25) is 11.8 Å². The van der Waals surface area contributed by atoms with E-state index in [9.17, 15) is 9.18 Å². The number of hydrogen-bond donors (Lipinski definition) is 0.